The smallest absolute Gasteiger partial charge is 0.119 e. The van der Waals surface area contributed by atoms with Gasteiger partial charge >= 0.3 is 0 Å². The molecule has 0 bridgehead atoms. The van der Waals surface area contributed by atoms with Crippen LogP contribution in [0.4, 0.5) is 0 Å². The molecule has 0 radical (unpaired) electrons. The van der Waals surface area contributed by atoms with Crippen molar-refractivity contribution in [2.45, 2.75) is 38.2 Å². The van der Waals surface area contributed by atoms with Crippen LogP contribution >= 0.6 is 0 Å². The van der Waals surface area contributed by atoms with E-state index >= 15 is 0 Å². The molecule has 1 aliphatic rings. The van der Waals surface area contributed by atoms with Gasteiger partial charge in [-0.3, -0.25) is 0 Å². The maximum atomic E-state index is 10.1. The molecule has 2 nitrogen and oxygen atoms in total. The van der Waals surface area contributed by atoms with Gasteiger partial charge in [-0.2, -0.15) is 0 Å². The minimum Gasteiger partial charge on any atom is -0.497 e. The lowest BCUT2D eigenvalue weighted by molar-refractivity contribution is 0.111. The Kier molecular flexibility index (Phi) is 3.83. The fourth-order valence-corrected chi connectivity index (χ4v) is 2.55. The quantitative estimate of drug-likeness (QED) is 0.845. The van der Waals surface area contributed by atoms with Crippen molar-refractivity contribution in [3.63, 3.8) is 0 Å². The zero-order valence-electron chi connectivity index (χ0n) is 9.86. The summed E-state index contributed by atoms with van der Waals surface area (Å²) in [6, 6.07) is 7.99. The Morgan fingerprint density at radius 3 is 2.81 bits per heavy atom. The van der Waals surface area contributed by atoms with Crippen LogP contribution in [0.3, 0.4) is 0 Å². The molecule has 1 unspecified atom stereocenters. The lowest BCUT2D eigenvalue weighted by atomic mass is 9.95. The van der Waals surface area contributed by atoms with E-state index < -0.39 is 0 Å². The van der Waals surface area contributed by atoms with E-state index in [2.05, 4.69) is 6.07 Å². The first kappa shape index (κ1) is 11.5. The van der Waals surface area contributed by atoms with E-state index in [1.54, 1.807) is 7.11 Å². The van der Waals surface area contributed by atoms with Crippen LogP contribution < -0.4 is 4.74 Å². The van der Waals surface area contributed by atoms with Crippen LogP contribution in [0.25, 0.3) is 0 Å². The van der Waals surface area contributed by atoms with E-state index in [9.17, 15) is 5.11 Å². The number of rotatable bonds is 4. The second kappa shape index (κ2) is 5.35. The Morgan fingerprint density at radius 2 is 2.12 bits per heavy atom. The van der Waals surface area contributed by atoms with Crippen LogP contribution in [0.5, 0.6) is 5.75 Å². The SMILES string of the molecule is COc1cccc(CC(O)C2CCCC2)c1. The molecule has 0 aromatic heterocycles. The fraction of sp³-hybridized carbons (Fsp3) is 0.571. The highest BCUT2D eigenvalue weighted by atomic mass is 16.5. The van der Waals surface area contributed by atoms with Gasteiger partial charge in [0, 0.05) is 0 Å². The monoisotopic (exact) mass is 220 g/mol. The van der Waals surface area contributed by atoms with Crippen LogP contribution in [-0.2, 0) is 6.42 Å². The lowest BCUT2D eigenvalue weighted by Crippen LogP contribution is -2.20. The third kappa shape index (κ3) is 2.76. The summed E-state index contributed by atoms with van der Waals surface area (Å²) >= 11 is 0. The maximum absolute atomic E-state index is 10.1. The number of aliphatic hydroxyl groups excluding tert-OH is 1. The molecule has 0 amide bonds. The fourth-order valence-electron chi connectivity index (χ4n) is 2.55. The van der Waals surface area contributed by atoms with Gasteiger partial charge in [0.1, 0.15) is 5.75 Å². The summed E-state index contributed by atoms with van der Waals surface area (Å²) in [5.41, 5.74) is 1.17. The van der Waals surface area contributed by atoms with Crippen molar-refractivity contribution in [1.29, 1.82) is 0 Å². The highest BCUT2D eigenvalue weighted by Crippen LogP contribution is 2.29. The van der Waals surface area contributed by atoms with E-state index in [4.69, 9.17) is 4.74 Å². The molecule has 1 N–H and O–H groups in total. The summed E-state index contributed by atoms with van der Waals surface area (Å²) in [6.07, 6.45) is 5.49. The molecule has 1 aromatic carbocycles. The molecule has 1 saturated carbocycles. The van der Waals surface area contributed by atoms with Gasteiger partial charge in [-0.05, 0) is 42.9 Å². The average molecular weight is 220 g/mol. The zero-order valence-corrected chi connectivity index (χ0v) is 9.86. The topological polar surface area (TPSA) is 29.5 Å². The number of benzene rings is 1. The first-order valence-electron chi connectivity index (χ1n) is 6.10. The normalized spacial score (nSPS) is 18.6. The number of methoxy groups -OCH3 is 1. The molecule has 1 fully saturated rings. The van der Waals surface area contributed by atoms with E-state index in [1.807, 2.05) is 18.2 Å². The molecule has 0 heterocycles. The van der Waals surface area contributed by atoms with Crippen LogP contribution in [0, 0.1) is 5.92 Å². The molecular weight excluding hydrogens is 200 g/mol. The third-order valence-electron chi connectivity index (χ3n) is 3.52. The first-order valence-corrected chi connectivity index (χ1v) is 6.10. The second-order valence-electron chi connectivity index (χ2n) is 4.67. The molecule has 0 aliphatic heterocycles. The van der Waals surface area contributed by atoms with Gasteiger partial charge in [0.2, 0.25) is 0 Å². The number of hydrogen-bond acceptors (Lipinski definition) is 2. The van der Waals surface area contributed by atoms with Crippen molar-refractivity contribution >= 4 is 0 Å². The van der Waals surface area contributed by atoms with Crippen molar-refractivity contribution in [1.82, 2.24) is 0 Å². The van der Waals surface area contributed by atoms with Crippen molar-refractivity contribution in [2.75, 3.05) is 7.11 Å². The largest absolute Gasteiger partial charge is 0.497 e. The Bertz CT molecular complexity index is 329. The molecule has 1 aromatic rings. The van der Waals surface area contributed by atoms with E-state index in [0.717, 1.165) is 12.2 Å². The van der Waals surface area contributed by atoms with E-state index in [-0.39, 0.29) is 6.10 Å². The van der Waals surface area contributed by atoms with Gasteiger partial charge < -0.3 is 9.84 Å². The van der Waals surface area contributed by atoms with Gasteiger partial charge in [-0.25, -0.2) is 0 Å². The molecule has 0 spiro atoms. The summed E-state index contributed by atoms with van der Waals surface area (Å²) in [5.74, 6) is 1.38. The minimum atomic E-state index is -0.186. The predicted octanol–water partition coefficient (Wildman–Crippen LogP) is 2.79. The number of hydrogen-bond donors (Lipinski definition) is 1. The molecule has 16 heavy (non-hydrogen) atoms. The third-order valence-corrected chi connectivity index (χ3v) is 3.52. The standard InChI is InChI=1S/C14H20O2/c1-16-13-8-4-5-11(9-13)10-14(15)12-6-2-3-7-12/h4-5,8-9,12,14-15H,2-3,6-7,10H2,1H3. The van der Waals surface area contributed by atoms with Crippen molar-refractivity contribution in [2.24, 2.45) is 5.92 Å². The van der Waals surface area contributed by atoms with E-state index in [0.29, 0.717) is 5.92 Å². The highest BCUT2D eigenvalue weighted by Gasteiger charge is 2.23. The van der Waals surface area contributed by atoms with Crippen LogP contribution in [0.2, 0.25) is 0 Å². The van der Waals surface area contributed by atoms with Gasteiger partial charge in [-0.15, -0.1) is 0 Å². The second-order valence-corrected chi connectivity index (χ2v) is 4.67. The average Bonchev–Trinajstić information content (AvgIpc) is 2.83. The zero-order chi connectivity index (χ0) is 11.4. The Morgan fingerprint density at radius 1 is 1.38 bits per heavy atom. The predicted molar refractivity (Wildman–Crippen MR) is 64.7 cm³/mol. The summed E-state index contributed by atoms with van der Waals surface area (Å²) in [6.45, 7) is 0. The molecular formula is C14H20O2. The molecule has 1 aliphatic carbocycles. The summed E-state index contributed by atoms with van der Waals surface area (Å²) in [5, 5.41) is 10.1. The number of ether oxygens (including phenoxy) is 1. The molecule has 1 atom stereocenters. The van der Waals surface area contributed by atoms with Gasteiger partial charge in [0.05, 0.1) is 13.2 Å². The van der Waals surface area contributed by atoms with Gasteiger partial charge in [0.25, 0.3) is 0 Å². The molecule has 2 heteroatoms. The van der Waals surface area contributed by atoms with Gasteiger partial charge in [-0.1, -0.05) is 25.0 Å². The summed E-state index contributed by atoms with van der Waals surface area (Å²) in [4.78, 5) is 0. The molecule has 2 rings (SSSR count). The summed E-state index contributed by atoms with van der Waals surface area (Å²) < 4.78 is 5.18. The highest BCUT2D eigenvalue weighted by molar-refractivity contribution is 5.28. The van der Waals surface area contributed by atoms with Crippen molar-refractivity contribution < 1.29 is 9.84 Å². The van der Waals surface area contributed by atoms with Gasteiger partial charge in [0.15, 0.2) is 0 Å². The Balaban J connectivity index is 1.96. The van der Waals surface area contributed by atoms with E-state index in [1.165, 1.54) is 31.2 Å². The number of aliphatic hydroxyl groups is 1. The lowest BCUT2D eigenvalue weighted by Gasteiger charge is -2.17. The van der Waals surface area contributed by atoms with Crippen LogP contribution in [-0.4, -0.2) is 18.3 Å². The van der Waals surface area contributed by atoms with Crippen LogP contribution in [0.1, 0.15) is 31.2 Å². The molecule has 88 valence electrons. The summed E-state index contributed by atoms with van der Waals surface area (Å²) in [7, 11) is 1.67. The Labute approximate surface area is 97.3 Å². The van der Waals surface area contributed by atoms with Crippen molar-refractivity contribution in [3.8, 4) is 5.75 Å². The Hall–Kier alpha value is -1.02. The molecule has 0 saturated heterocycles. The van der Waals surface area contributed by atoms with Crippen LogP contribution in [0.15, 0.2) is 24.3 Å². The van der Waals surface area contributed by atoms with Crippen molar-refractivity contribution in [3.05, 3.63) is 29.8 Å². The first-order chi connectivity index (χ1) is 7.79. The maximum Gasteiger partial charge on any atom is 0.119 e. The minimum absolute atomic E-state index is 0.186.